The maximum atomic E-state index is 5.08. The molecule has 3 rings (SSSR count). The van der Waals surface area contributed by atoms with Gasteiger partial charge < -0.3 is 18.9 Å². The van der Waals surface area contributed by atoms with Crippen LogP contribution in [0.3, 0.4) is 0 Å². The topological polar surface area (TPSA) is 36.9 Å². The van der Waals surface area contributed by atoms with Gasteiger partial charge in [0.15, 0.2) is 11.5 Å². The Morgan fingerprint density at radius 1 is 0.733 bits per heavy atom. The molecule has 0 unspecified atom stereocenters. The van der Waals surface area contributed by atoms with Crippen LogP contribution in [0.25, 0.3) is 0 Å². The molecule has 0 saturated carbocycles. The molecule has 1 fully saturated rings. The van der Waals surface area contributed by atoms with Gasteiger partial charge >= 0.3 is 0 Å². The van der Waals surface area contributed by atoms with Crippen molar-refractivity contribution < 1.29 is 18.9 Å². The van der Waals surface area contributed by atoms with Crippen LogP contribution in [-0.4, -0.2) is 33.2 Å². The Balaban J connectivity index is 0.000000124. The molecular weight excluding hydrogens is 196 g/mol. The number of rotatable bonds is 0. The first-order valence-electron chi connectivity index (χ1n) is 4.97. The van der Waals surface area contributed by atoms with Gasteiger partial charge in [-0.25, -0.2) is 0 Å². The van der Waals surface area contributed by atoms with E-state index in [4.69, 9.17) is 18.9 Å². The van der Waals surface area contributed by atoms with Crippen molar-refractivity contribution in [3.8, 4) is 11.5 Å². The number of hydrogen-bond donors (Lipinski definition) is 0. The Labute approximate surface area is 88.7 Å². The lowest BCUT2D eigenvalue weighted by Gasteiger charge is -2.09. The zero-order valence-corrected chi connectivity index (χ0v) is 8.48. The van der Waals surface area contributed by atoms with Crippen LogP contribution in [0, 0.1) is 0 Å². The zero-order valence-electron chi connectivity index (χ0n) is 8.48. The van der Waals surface area contributed by atoms with Gasteiger partial charge in [0.25, 0.3) is 0 Å². The third kappa shape index (κ3) is 3.11. The van der Waals surface area contributed by atoms with Gasteiger partial charge in [0.05, 0.1) is 26.4 Å². The van der Waals surface area contributed by atoms with E-state index >= 15 is 0 Å². The van der Waals surface area contributed by atoms with Crippen molar-refractivity contribution in [2.75, 3.05) is 33.2 Å². The fourth-order valence-electron chi connectivity index (χ4n) is 1.28. The number of ether oxygens (including phenoxy) is 4. The summed E-state index contributed by atoms with van der Waals surface area (Å²) >= 11 is 0. The van der Waals surface area contributed by atoms with Gasteiger partial charge in [0.1, 0.15) is 0 Å². The van der Waals surface area contributed by atoms with Crippen LogP contribution in [0.15, 0.2) is 24.3 Å². The van der Waals surface area contributed by atoms with Gasteiger partial charge in [-0.05, 0) is 12.1 Å². The summed E-state index contributed by atoms with van der Waals surface area (Å²) in [7, 11) is 0. The molecule has 4 nitrogen and oxygen atoms in total. The van der Waals surface area contributed by atoms with E-state index in [0.717, 1.165) is 37.9 Å². The van der Waals surface area contributed by atoms with Crippen LogP contribution in [0.4, 0.5) is 0 Å². The fraction of sp³-hybridized carbons (Fsp3) is 0.455. The van der Waals surface area contributed by atoms with Crippen molar-refractivity contribution in [2.24, 2.45) is 0 Å². The molecule has 0 spiro atoms. The smallest absolute Gasteiger partial charge is 0.231 e. The molecule has 15 heavy (non-hydrogen) atoms. The van der Waals surface area contributed by atoms with Crippen LogP contribution >= 0.6 is 0 Å². The predicted octanol–water partition coefficient (Wildman–Crippen LogP) is 1.45. The highest BCUT2D eigenvalue weighted by Crippen LogP contribution is 2.30. The highest BCUT2D eigenvalue weighted by molar-refractivity contribution is 5.40. The second kappa shape index (κ2) is 5.58. The van der Waals surface area contributed by atoms with Gasteiger partial charge in [0.2, 0.25) is 6.79 Å². The van der Waals surface area contributed by atoms with Gasteiger partial charge in [0, 0.05) is 0 Å². The van der Waals surface area contributed by atoms with E-state index < -0.39 is 0 Å². The summed E-state index contributed by atoms with van der Waals surface area (Å²) in [5, 5.41) is 0. The maximum Gasteiger partial charge on any atom is 0.231 e. The molecule has 0 N–H and O–H groups in total. The monoisotopic (exact) mass is 210 g/mol. The second-order valence-electron chi connectivity index (χ2n) is 3.08. The minimum Gasteiger partial charge on any atom is -0.454 e. The Hall–Kier alpha value is -1.26. The lowest BCUT2D eigenvalue weighted by Crippen LogP contribution is -2.16. The Morgan fingerprint density at radius 3 is 1.60 bits per heavy atom. The van der Waals surface area contributed by atoms with Crippen molar-refractivity contribution in [2.45, 2.75) is 0 Å². The minimum atomic E-state index is 0.360. The standard InChI is InChI=1S/C7H6O2.C4H8O2/c1-2-4-7-6(3-1)8-5-9-7;1-2-6-4-3-5-1/h1-4H,5H2;1-4H2. The van der Waals surface area contributed by atoms with E-state index in [0.29, 0.717) is 6.79 Å². The number of para-hydroxylation sites is 2. The van der Waals surface area contributed by atoms with Crippen LogP contribution in [0.1, 0.15) is 0 Å². The molecule has 2 heterocycles. The fourth-order valence-corrected chi connectivity index (χ4v) is 1.28. The third-order valence-electron chi connectivity index (χ3n) is 2.02. The lowest BCUT2D eigenvalue weighted by molar-refractivity contribution is -0.0334. The Morgan fingerprint density at radius 2 is 1.20 bits per heavy atom. The Kier molecular flexibility index (Phi) is 3.82. The molecule has 0 aromatic heterocycles. The molecule has 0 amide bonds. The van der Waals surface area contributed by atoms with E-state index in [1.54, 1.807) is 0 Å². The van der Waals surface area contributed by atoms with Crippen LogP contribution in [0.2, 0.25) is 0 Å². The van der Waals surface area contributed by atoms with Crippen LogP contribution in [0.5, 0.6) is 11.5 Å². The molecule has 0 aliphatic carbocycles. The summed E-state index contributed by atoms with van der Waals surface area (Å²) in [5.74, 6) is 1.69. The Bertz CT molecular complexity index is 262. The van der Waals surface area contributed by atoms with Crippen LogP contribution < -0.4 is 9.47 Å². The van der Waals surface area contributed by atoms with Gasteiger partial charge in [-0.2, -0.15) is 0 Å². The first-order chi connectivity index (χ1) is 7.47. The molecule has 0 bridgehead atoms. The summed E-state index contributed by atoms with van der Waals surface area (Å²) in [6.07, 6.45) is 0. The predicted molar refractivity (Wildman–Crippen MR) is 54.2 cm³/mol. The molecule has 0 atom stereocenters. The number of hydrogen-bond acceptors (Lipinski definition) is 4. The molecule has 4 heteroatoms. The third-order valence-corrected chi connectivity index (χ3v) is 2.02. The molecule has 82 valence electrons. The largest absolute Gasteiger partial charge is 0.454 e. The summed E-state index contributed by atoms with van der Waals surface area (Å²) in [4.78, 5) is 0. The summed E-state index contributed by atoms with van der Waals surface area (Å²) in [5.41, 5.74) is 0. The molecular formula is C11H14O4. The van der Waals surface area contributed by atoms with Crippen molar-refractivity contribution in [3.63, 3.8) is 0 Å². The van der Waals surface area contributed by atoms with Crippen molar-refractivity contribution >= 4 is 0 Å². The molecule has 1 saturated heterocycles. The first kappa shape index (κ1) is 10.3. The molecule has 2 aliphatic heterocycles. The van der Waals surface area contributed by atoms with Gasteiger partial charge in [-0.15, -0.1) is 0 Å². The average molecular weight is 210 g/mol. The SMILES string of the molecule is C1COCCO1.c1ccc2c(c1)OCO2. The normalized spacial score (nSPS) is 17.9. The quantitative estimate of drug-likeness (QED) is 0.649. The summed E-state index contributed by atoms with van der Waals surface area (Å²) in [6, 6.07) is 7.63. The highest BCUT2D eigenvalue weighted by Gasteiger charge is 2.09. The lowest BCUT2D eigenvalue weighted by atomic mass is 10.3. The summed E-state index contributed by atoms with van der Waals surface area (Å²) < 4.78 is 20.0. The summed E-state index contributed by atoms with van der Waals surface area (Å²) in [6.45, 7) is 3.47. The van der Waals surface area contributed by atoms with Crippen molar-refractivity contribution in [3.05, 3.63) is 24.3 Å². The number of benzene rings is 1. The van der Waals surface area contributed by atoms with Crippen molar-refractivity contribution in [1.29, 1.82) is 0 Å². The van der Waals surface area contributed by atoms with E-state index in [9.17, 15) is 0 Å². The molecule has 2 aliphatic rings. The first-order valence-corrected chi connectivity index (χ1v) is 4.97. The zero-order chi connectivity index (χ0) is 10.3. The number of fused-ring (bicyclic) bond motifs is 1. The second-order valence-corrected chi connectivity index (χ2v) is 3.08. The van der Waals surface area contributed by atoms with Gasteiger partial charge in [-0.1, -0.05) is 12.1 Å². The van der Waals surface area contributed by atoms with Gasteiger partial charge in [-0.3, -0.25) is 0 Å². The van der Waals surface area contributed by atoms with E-state index in [-0.39, 0.29) is 0 Å². The maximum absolute atomic E-state index is 5.08. The van der Waals surface area contributed by atoms with Crippen molar-refractivity contribution in [1.82, 2.24) is 0 Å². The minimum absolute atomic E-state index is 0.360. The van der Waals surface area contributed by atoms with E-state index in [2.05, 4.69) is 0 Å². The van der Waals surface area contributed by atoms with E-state index in [1.165, 1.54) is 0 Å². The van der Waals surface area contributed by atoms with E-state index in [1.807, 2.05) is 24.3 Å². The highest BCUT2D eigenvalue weighted by atomic mass is 16.7. The van der Waals surface area contributed by atoms with Crippen LogP contribution in [-0.2, 0) is 9.47 Å². The molecule has 1 aromatic carbocycles. The molecule has 0 radical (unpaired) electrons. The molecule has 1 aromatic rings. The average Bonchev–Trinajstić information content (AvgIpc) is 2.80.